The number of hydrogen-bond acceptors (Lipinski definition) is 2. The number of carbonyl (C=O) groups excluding carboxylic acids is 1. The highest BCUT2D eigenvalue weighted by Crippen LogP contribution is 2.22. The van der Waals surface area contributed by atoms with Gasteiger partial charge in [0.25, 0.3) is 0 Å². The molecule has 1 amide bonds. The van der Waals surface area contributed by atoms with E-state index >= 15 is 0 Å². The topological polar surface area (TPSA) is 53.9 Å². The van der Waals surface area contributed by atoms with Crippen molar-refractivity contribution in [2.75, 3.05) is 13.1 Å². The van der Waals surface area contributed by atoms with Gasteiger partial charge in [0.15, 0.2) is 0 Å². The minimum atomic E-state index is 0.278. The van der Waals surface area contributed by atoms with Crippen LogP contribution in [0.2, 0.25) is 0 Å². The van der Waals surface area contributed by atoms with Crippen molar-refractivity contribution < 1.29 is 4.79 Å². The van der Waals surface area contributed by atoms with Gasteiger partial charge in [0, 0.05) is 55.5 Å². The van der Waals surface area contributed by atoms with E-state index < -0.39 is 0 Å². The average Bonchev–Trinajstić information content (AvgIpc) is 3.30. The number of rotatable bonds is 5. The van der Waals surface area contributed by atoms with E-state index in [0.717, 1.165) is 38.0 Å². The van der Waals surface area contributed by atoms with Crippen LogP contribution in [0.5, 0.6) is 0 Å². The quantitative estimate of drug-likeness (QED) is 0.778. The zero-order valence-corrected chi connectivity index (χ0v) is 14.4. The molecule has 0 bridgehead atoms. The zero-order chi connectivity index (χ0) is 17.1. The van der Waals surface area contributed by atoms with Crippen LogP contribution in [-0.2, 0) is 17.8 Å². The van der Waals surface area contributed by atoms with E-state index in [0.29, 0.717) is 12.3 Å². The van der Waals surface area contributed by atoms with E-state index in [9.17, 15) is 4.79 Å². The monoisotopic (exact) mass is 336 g/mol. The lowest BCUT2D eigenvalue weighted by Crippen LogP contribution is -2.41. The van der Waals surface area contributed by atoms with Crippen molar-refractivity contribution in [1.82, 2.24) is 19.4 Å². The fourth-order valence-corrected chi connectivity index (χ4v) is 3.87. The highest BCUT2D eigenvalue weighted by Gasteiger charge is 2.23. The molecule has 1 aliphatic heterocycles. The number of carbonyl (C=O) groups is 1. The Kier molecular flexibility index (Phi) is 4.55. The third-order valence-corrected chi connectivity index (χ3v) is 5.18. The first-order chi connectivity index (χ1) is 12.3. The normalized spacial score (nSPS) is 17.9. The molecule has 1 aromatic carbocycles. The zero-order valence-electron chi connectivity index (χ0n) is 14.4. The van der Waals surface area contributed by atoms with Gasteiger partial charge in [0.1, 0.15) is 0 Å². The average molecular weight is 336 g/mol. The third kappa shape index (κ3) is 3.60. The molecule has 5 nitrogen and oxygen atoms in total. The second kappa shape index (κ2) is 7.13. The van der Waals surface area contributed by atoms with Crippen molar-refractivity contribution in [3.8, 4) is 0 Å². The predicted molar refractivity (Wildman–Crippen MR) is 98.2 cm³/mol. The van der Waals surface area contributed by atoms with Gasteiger partial charge in [-0.25, -0.2) is 4.98 Å². The summed E-state index contributed by atoms with van der Waals surface area (Å²) in [5, 5.41) is 1.23. The van der Waals surface area contributed by atoms with Gasteiger partial charge in [0.05, 0.1) is 6.33 Å². The highest BCUT2D eigenvalue weighted by molar-refractivity contribution is 5.84. The molecule has 1 N–H and O–H groups in total. The van der Waals surface area contributed by atoms with E-state index in [1.165, 1.54) is 17.4 Å². The van der Waals surface area contributed by atoms with Crippen LogP contribution in [-0.4, -0.2) is 38.4 Å². The number of fused-ring (bicyclic) bond motifs is 1. The van der Waals surface area contributed by atoms with Gasteiger partial charge in [-0.1, -0.05) is 18.2 Å². The summed E-state index contributed by atoms with van der Waals surface area (Å²) in [5.74, 6) is 0.806. The maximum atomic E-state index is 12.7. The summed E-state index contributed by atoms with van der Waals surface area (Å²) in [5.41, 5.74) is 2.37. The van der Waals surface area contributed by atoms with Gasteiger partial charge in [-0.15, -0.1) is 0 Å². The van der Waals surface area contributed by atoms with E-state index in [2.05, 4.69) is 31.6 Å². The van der Waals surface area contributed by atoms with Crippen LogP contribution in [0, 0.1) is 5.92 Å². The molecule has 25 heavy (non-hydrogen) atoms. The summed E-state index contributed by atoms with van der Waals surface area (Å²) in [6.07, 6.45) is 11.4. The molecule has 1 atom stereocenters. The van der Waals surface area contributed by atoms with Crippen molar-refractivity contribution in [2.24, 2.45) is 5.92 Å². The number of nitrogens with one attached hydrogen (secondary N) is 1. The van der Waals surface area contributed by atoms with Crippen LogP contribution >= 0.6 is 0 Å². The Morgan fingerprint density at radius 3 is 3.12 bits per heavy atom. The van der Waals surface area contributed by atoms with Gasteiger partial charge >= 0.3 is 0 Å². The maximum absolute atomic E-state index is 12.7. The number of benzene rings is 1. The van der Waals surface area contributed by atoms with E-state index in [1.807, 2.05) is 37.1 Å². The molecule has 0 saturated carbocycles. The Balaban J connectivity index is 1.34. The molecule has 1 unspecified atom stereocenters. The lowest BCUT2D eigenvalue weighted by molar-refractivity contribution is -0.133. The number of likely N-dealkylation sites (tertiary alicyclic amines) is 1. The number of hydrogen-bond donors (Lipinski definition) is 1. The van der Waals surface area contributed by atoms with E-state index in [1.54, 1.807) is 0 Å². The Labute approximate surface area is 147 Å². The Morgan fingerprint density at radius 1 is 1.32 bits per heavy atom. The summed E-state index contributed by atoms with van der Waals surface area (Å²) < 4.78 is 2.12. The van der Waals surface area contributed by atoms with Crippen molar-refractivity contribution in [3.63, 3.8) is 0 Å². The number of amides is 1. The smallest absolute Gasteiger partial charge is 0.222 e. The third-order valence-electron chi connectivity index (χ3n) is 5.18. The molecule has 1 saturated heterocycles. The first-order valence-electron chi connectivity index (χ1n) is 9.08. The second-order valence-electron chi connectivity index (χ2n) is 6.97. The van der Waals surface area contributed by atoms with Gasteiger partial charge in [-0.3, -0.25) is 4.79 Å². The molecule has 3 aromatic rings. The number of para-hydroxylation sites is 1. The minimum Gasteiger partial charge on any atom is -0.361 e. The van der Waals surface area contributed by atoms with Crippen molar-refractivity contribution >= 4 is 16.8 Å². The molecule has 2 aromatic heterocycles. The maximum Gasteiger partial charge on any atom is 0.222 e. The summed E-state index contributed by atoms with van der Waals surface area (Å²) >= 11 is 0. The lowest BCUT2D eigenvalue weighted by atomic mass is 9.97. The standard InChI is InChI=1S/C20H24N4O/c25-20(8-7-17-12-22-19-6-2-1-5-18(17)19)24-10-3-4-16(14-24)13-23-11-9-21-15-23/h1-2,5-6,9,11-12,15-16,22H,3-4,7-8,10,13-14H2. The first-order valence-corrected chi connectivity index (χ1v) is 9.08. The van der Waals surface area contributed by atoms with Gasteiger partial charge in [-0.2, -0.15) is 0 Å². The summed E-state index contributed by atoms with van der Waals surface area (Å²) in [4.78, 5) is 22.1. The molecular weight excluding hydrogens is 312 g/mol. The fraction of sp³-hybridized carbons (Fsp3) is 0.400. The van der Waals surface area contributed by atoms with Crippen LogP contribution in [0.15, 0.2) is 49.2 Å². The molecule has 0 radical (unpaired) electrons. The lowest BCUT2D eigenvalue weighted by Gasteiger charge is -2.33. The van der Waals surface area contributed by atoms with Gasteiger partial charge in [0.2, 0.25) is 5.91 Å². The molecule has 0 aliphatic carbocycles. The minimum absolute atomic E-state index is 0.278. The Hall–Kier alpha value is -2.56. The largest absolute Gasteiger partial charge is 0.361 e. The molecular formula is C20H24N4O. The van der Waals surface area contributed by atoms with Crippen LogP contribution in [0.3, 0.4) is 0 Å². The fourth-order valence-electron chi connectivity index (χ4n) is 3.87. The summed E-state index contributed by atoms with van der Waals surface area (Å²) in [7, 11) is 0. The molecule has 130 valence electrons. The predicted octanol–water partition coefficient (Wildman–Crippen LogP) is 3.24. The van der Waals surface area contributed by atoms with Crippen molar-refractivity contribution in [3.05, 3.63) is 54.7 Å². The van der Waals surface area contributed by atoms with Crippen molar-refractivity contribution in [1.29, 1.82) is 0 Å². The number of piperidine rings is 1. The number of imidazole rings is 1. The number of aryl methyl sites for hydroxylation is 1. The number of aromatic amines is 1. The SMILES string of the molecule is O=C(CCc1c[nH]c2ccccc12)N1CCCC(Cn2ccnc2)C1. The van der Waals surface area contributed by atoms with Crippen LogP contribution in [0.25, 0.3) is 10.9 Å². The second-order valence-corrected chi connectivity index (χ2v) is 6.97. The summed E-state index contributed by atoms with van der Waals surface area (Å²) in [6, 6.07) is 8.27. The van der Waals surface area contributed by atoms with Gasteiger partial charge in [-0.05, 0) is 36.8 Å². The number of nitrogens with zero attached hydrogens (tertiary/aromatic N) is 3. The van der Waals surface area contributed by atoms with Gasteiger partial charge < -0.3 is 14.5 Å². The molecule has 3 heterocycles. The number of H-pyrrole nitrogens is 1. The molecule has 0 spiro atoms. The summed E-state index contributed by atoms with van der Waals surface area (Å²) in [6.45, 7) is 2.71. The van der Waals surface area contributed by atoms with E-state index in [-0.39, 0.29) is 5.91 Å². The van der Waals surface area contributed by atoms with Crippen molar-refractivity contribution in [2.45, 2.75) is 32.2 Å². The Bertz CT molecular complexity index is 836. The highest BCUT2D eigenvalue weighted by atomic mass is 16.2. The van der Waals surface area contributed by atoms with Crippen LogP contribution < -0.4 is 0 Å². The molecule has 5 heteroatoms. The van der Waals surface area contributed by atoms with E-state index in [4.69, 9.17) is 0 Å². The molecule has 4 rings (SSSR count). The first kappa shape index (κ1) is 15.9. The Morgan fingerprint density at radius 2 is 2.24 bits per heavy atom. The molecule has 1 aliphatic rings. The number of aromatic nitrogens is 3. The van der Waals surface area contributed by atoms with Crippen LogP contribution in [0.4, 0.5) is 0 Å². The van der Waals surface area contributed by atoms with Crippen LogP contribution in [0.1, 0.15) is 24.8 Å². The molecule has 1 fully saturated rings.